The quantitative estimate of drug-likeness (QED) is 0.348. The Morgan fingerprint density at radius 2 is 1.96 bits per heavy atom. The summed E-state index contributed by atoms with van der Waals surface area (Å²) in [5.74, 6) is 1.35. The Morgan fingerprint density at radius 1 is 1.00 bits per heavy atom. The Labute approximate surface area is 162 Å². The number of H-pyrrole nitrogens is 2. The molecule has 2 aromatic carbocycles. The number of aryl methyl sites for hydroxylation is 1. The largest absolute Gasteiger partial charge is 0.366 e. The Hall–Kier alpha value is -3.80. The molecule has 6 nitrogen and oxygen atoms in total. The van der Waals surface area contributed by atoms with E-state index in [1.807, 2.05) is 36.5 Å². The Balaban J connectivity index is 1.33. The molecule has 0 aliphatic carbocycles. The van der Waals surface area contributed by atoms with E-state index in [2.05, 4.69) is 61.8 Å². The van der Waals surface area contributed by atoms with Crippen LogP contribution in [-0.2, 0) is 6.54 Å². The summed E-state index contributed by atoms with van der Waals surface area (Å²) in [4.78, 5) is 15.5. The van der Waals surface area contributed by atoms with Crippen LogP contribution < -0.4 is 10.6 Å². The maximum absolute atomic E-state index is 4.59. The molecule has 0 aliphatic heterocycles. The lowest BCUT2D eigenvalue weighted by Crippen LogP contribution is -2.04. The normalized spacial score (nSPS) is 11.2. The van der Waals surface area contributed by atoms with Gasteiger partial charge in [-0.05, 0) is 60.3 Å². The molecule has 0 atom stereocenters. The van der Waals surface area contributed by atoms with Crippen LogP contribution in [0.4, 0.5) is 17.5 Å². The third-order valence-electron chi connectivity index (χ3n) is 4.79. The molecule has 0 amide bonds. The predicted octanol–water partition coefficient (Wildman–Crippen LogP) is 5.10. The van der Waals surface area contributed by atoms with E-state index in [0.29, 0.717) is 12.5 Å². The molecular weight excluding hydrogens is 348 g/mol. The smallest absolute Gasteiger partial charge is 0.229 e. The van der Waals surface area contributed by atoms with Crippen LogP contribution in [0.2, 0.25) is 0 Å². The molecule has 3 aromatic heterocycles. The van der Waals surface area contributed by atoms with Crippen LogP contribution >= 0.6 is 0 Å². The zero-order valence-electron chi connectivity index (χ0n) is 15.5. The first-order valence-corrected chi connectivity index (χ1v) is 9.23. The maximum atomic E-state index is 4.59. The number of fused-ring (bicyclic) bond motifs is 2. The molecular formula is C22H20N6. The average molecular weight is 368 g/mol. The molecule has 4 N–H and O–H groups in total. The predicted molar refractivity (Wildman–Crippen MR) is 114 cm³/mol. The van der Waals surface area contributed by atoms with Crippen LogP contribution in [0.1, 0.15) is 11.3 Å². The van der Waals surface area contributed by atoms with Crippen LogP contribution in [0.3, 0.4) is 0 Å². The minimum Gasteiger partial charge on any atom is -0.366 e. The van der Waals surface area contributed by atoms with Crippen LogP contribution in [-0.4, -0.2) is 19.9 Å². The molecule has 5 rings (SSSR count). The lowest BCUT2D eigenvalue weighted by molar-refractivity contribution is 1.09. The monoisotopic (exact) mass is 368 g/mol. The fourth-order valence-electron chi connectivity index (χ4n) is 3.46. The van der Waals surface area contributed by atoms with Gasteiger partial charge in [-0.1, -0.05) is 12.1 Å². The van der Waals surface area contributed by atoms with E-state index in [1.165, 1.54) is 16.6 Å². The third kappa shape index (κ3) is 3.16. The number of nitrogens with zero attached hydrogens (tertiary/aromatic N) is 2. The Kier molecular flexibility index (Phi) is 3.94. The number of aromatic nitrogens is 4. The number of hydrogen-bond donors (Lipinski definition) is 4. The summed E-state index contributed by atoms with van der Waals surface area (Å²) in [6.07, 6.45) is 3.69. The number of benzene rings is 2. The van der Waals surface area contributed by atoms with Crippen LogP contribution in [0.15, 0.2) is 67.0 Å². The molecule has 6 heteroatoms. The molecule has 28 heavy (non-hydrogen) atoms. The van der Waals surface area contributed by atoms with Crippen LogP contribution in [0, 0.1) is 6.92 Å². The van der Waals surface area contributed by atoms with Gasteiger partial charge in [-0.15, -0.1) is 0 Å². The van der Waals surface area contributed by atoms with Gasteiger partial charge >= 0.3 is 0 Å². The lowest BCUT2D eigenvalue weighted by Gasteiger charge is -2.09. The standard InChI is InChI=1S/C22H20N6/c1-14-11-16-12-15(5-6-18(16)26-14)13-25-21-8-10-24-22(28-21)27-20-4-2-3-19-17(20)7-9-23-19/h2-12,23,26H,13H2,1H3,(H2,24,25,27,28). The summed E-state index contributed by atoms with van der Waals surface area (Å²) in [6.45, 7) is 2.77. The molecule has 0 fully saturated rings. The van der Waals surface area contributed by atoms with E-state index in [9.17, 15) is 0 Å². The SMILES string of the molecule is Cc1cc2cc(CNc3ccnc(Nc4cccc5[nH]ccc45)n3)ccc2[nH]1. The van der Waals surface area contributed by atoms with Crippen molar-refractivity contribution in [1.82, 2.24) is 19.9 Å². The fourth-order valence-corrected chi connectivity index (χ4v) is 3.46. The second kappa shape index (κ2) is 6.74. The number of aromatic amines is 2. The van der Waals surface area contributed by atoms with E-state index in [-0.39, 0.29) is 0 Å². The van der Waals surface area contributed by atoms with Crippen LogP contribution in [0.5, 0.6) is 0 Å². The molecule has 0 aliphatic rings. The summed E-state index contributed by atoms with van der Waals surface area (Å²) in [7, 11) is 0. The van der Waals surface area contributed by atoms with Gasteiger partial charge in [0.1, 0.15) is 5.82 Å². The highest BCUT2D eigenvalue weighted by Gasteiger charge is 2.05. The van der Waals surface area contributed by atoms with Crippen molar-refractivity contribution in [2.45, 2.75) is 13.5 Å². The fraction of sp³-hybridized carbons (Fsp3) is 0.0909. The summed E-state index contributed by atoms with van der Waals surface area (Å²) in [5.41, 5.74) is 5.59. The molecule has 5 aromatic rings. The van der Waals surface area contributed by atoms with Gasteiger partial charge in [0, 0.05) is 41.1 Å². The van der Waals surface area contributed by atoms with E-state index in [1.54, 1.807) is 6.20 Å². The maximum Gasteiger partial charge on any atom is 0.229 e. The Morgan fingerprint density at radius 3 is 2.93 bits per heavy atom. The van der Waals surface area contributed by atoms with E-state index < -0.39 is 0 Å². The van der Waals surface area contributed by atoms with Crippen LogP contribution in [0.25, 0.3) is 21.8 Å². The first kappa shape index (κ1) is 16.4. The molecule has 0 radical (unpaired) electrons. The molecule has 138 valence electrons. The summed E-state index contributed by atoms with van der Waals surface area (Å²) in [5, 5.41) is 9.03. The van der Waals surface area contributed by atoms with Crippen molar-refractivity contribution in [2.24, 2.45) is 0 Å². The van der Waals surface area contributed by atoms with Gasteiger partial charge in [0.2, 0.25) is 5.95 Å². The highest BCUT2D eigenvalue weighted by Crippen LogP contribution is 2.24. The number of hydrogen-bond acceptors (Lipinski definition) is 4. The minimum absolute atomic E-state index is 0.565. The van der Waals surface area contributed by atoms with Crippen molar-refractivity contribution in [2.75, 3.05) is 10.6 Å². The minimum atomic E-state index is 0.565. The van der Waals surface area contributed by atoms with Crippen molar-refractivity contribution in [3.8, 4) is 0 Å². The van der Waals surface area contributed by atoms with Gasteiger partial charge in [0.05, 0.1) is 5.69 Å². The van der Waals surface area contributed by atoms with Crippen molar-refractivity contribution < 1.29 is 0 Å². The van der Waals surface area contributed by atoms with E-state index in [4.69, 9.17) is 0 Å². The second-order valence-corrected chi connectivity index (χ2v) is 6.86. The van der Waals surface area contributed by atoms with E-state index in [0.717, 1.165) is 27.9 Å². The van der Waals surface area contributed by atoms with Gasteiger partial charge in [0.25, 0.3) is 0 Å². The second-order valence-electron chi connectivity index (χ2n) is 6.86. The highest BCUT2D eigenvalue weighted by atomic mass is 15.1. The van der Waals surface area contributed by atoms with Gasteiger partial charge in [-0.3, -0.25) is 0 Å². The third-order valence-corrected chi connectivity index (χ3v) is 4.79. The van der Waals surface area contributed by atoms with Gasteiger partial charge in [0.15, 0.2) is 0 Å². The van der Waals surface area contributed by atoms with E-state index >= 15 is 0 Å². The highest BCUT2D eigenvalue weighted by molar-refractivity contribution is 5.93. The van der Waals surface area contributed by atoms with Crippen molar-refractivity contribution >= 4 is 39.3 Å². The number of anilines is 3. The van der Waals surface area contributed by atoms with Gasteiger partial charge in [-0.25, -0.2) is 4.98 Å². The molecule has 0 saturated carbocycles. The first-order chi connectivity index (χ1) is 13.7. The number of rotatable bonds is 5. The van der Waals surface area contributed by atoms with Crippen molar-refractivity contribution in [1.29, 1.82) is 0 Å². The Bertz CT molecular complexity index is 1270. The van der Waals surface area contributed by atoms with Gasteiger partial charge in [-0.2, -0.15) is 4.98 Å². The molecule has 0 spiro atoms. The number of nitrogens with one attached hydrogen (secondary N) is 4. The summed E-state index contributed by atoms with van der Waals surface area (Å²) in [6, 6.07) is 18.6. The molecule has 3 heterocycles. The topological polar surface area (TPSA) is 81.4 Å². The zero-order chi connectivity index (χ0) is 18.9. The van der Waals surface area contributed by atoms with Crippen molar-refractivity contribution in [3.05, 3.63) is 78.2 Å². The van der Waals surface area contributed by atoms with Crippen molar-refractivity contribution in [3.63, 3.8) is 0 Å². The summed E-state index contributed by atoms with van der Waals surface area (Å²) < 4.78 is 0. The molecule has 0 bridgehead atoms. The lowest BCUT2D eigenvalue weighted by atomic mass is 10.1. The summed E-state index contributed by atoms with van der Waals surface area (Å²) >= 11 is 0. The average Bonchev–Trinajstić information content (AvgIpc) is 3.32. The molecule has 0 saturated heterocycles. The molecule has 0 unspecified atom stereocenters. The van der Waals surface area contributed by atoms with Gasteiger partial charge < -0.3 is 20.6 Å². The zero-order valence-corrected chi connectivity index (χ0v) is 15.5. The first-order valence-electron chi connectivity index (χ1n) is 9.23.